The smallest absolute Gasteiger partial charge is 0.342 e. The van der Waals surface area contributed by atoms with Crippen molar-refractivity contribution in [3.05, 3.63) is 46.1 Å². The van der Waals surface area contributed by atoms with Gasteiger partial charge in [0.05, 0.1) is 26.5 Å². The SMILES string of the molecule is COC(=O)c1c(N)n(-c2c(C)ccc(OC)c2C)c2ncc(C)c(CO)c12. The molecule has 3 aromatic rings. The molecule has 0 radical (unpaired) electrons. The van der Waals surface area contributed by atoms with Crippen LogP contribution in [0.25, 0.3) is 16.7 Å². The highest BCUT2D eigenvalue weighted by Gasteiger charge is 2.27. The van der Waals surface area contributed by atoms with E-state index in [9.17, 15) is 9.90 Å². The normalized spacial score (nSPS) is 11.0. The van der Waals surface area contributed by atoms with Crippen LogP contribution in [0.5, 0.6) is 5.75 Å². The Bertz CT molecular complexity index is 1050. The number of ether oxygens (including phenoxy) is 2. The Morgan fingerprint density at radius 1 is 1.22 bits per heavy atom. The first-order valence-electron chi connectivity index (χ1n) is 8.49. The summed E-state index contributed by atoms with van der Waals surface area (Å²) >= 11 is 0. The standard InChI is InChI=1S/C20H23N3O4/c1-10-6-7-14(26-4)12(3)17(10)23-18(21)16(20(25)27-5)15-13(9-24)11(2)8-22-19(15)23/h6-8,24H,9,21H2,1-5H3. The average Bonchev–Trinajstić information content (AvgIpc) is 2.94. The molecule has 0 amide bonds. The van der Waals surface area contributed by atoms with Crippen LogP contribution in [0.1, 0.15) is 32.6 Å². The van der Waals surface area contributed by atoms with Crippen LogP contribution in [0.15, 0.2) is 18.3 Å². The number of pyridine rings is 1. The predicted octanol–water partition coefficient (Wildman–Crippen LogP) is 2.82. The Morgan fingerprint density at radius 3 is 2.52 bits per heavy atom. The largest absolute Gasteiger partial charge is 0.496 e. The van der Waals surface area contributed by atoms with E-state index in [2.05, 4.69) is 4.98 Å². The summed E-state index contributed by atoms with van der Waals surface area (Å²) in [6.45, 7) is 5.46. The molecule has 0 bridgehead atoms. The lowest BCUT2D eigenvalue weighted by atomic mass is 10.0. The Morgan fingerprint density at radius 2 is 1.93 bits per heavy atom. The molecule has 1 aromatic carbocycles. The van der Waals surface area contributed by atoms with Gasteiger partial charge in [0, 0.05) is 17.1 Å². The molecule has 0 spiro atoms. The van der Waals surface area contributed by atoms with E-state index in [4.69, 9.17) is 15.2 Å². The minimum atomic E-state index is -0.573. The van der Waals surface area contributed by atoms with Crippen molar-refractivity contribution in [3.8, 4) is 11.4 Å². The summed E-state index contributed by atoms with van der Waals surface area (Å²) in [5.74, 6) is 0.339. The number of aliphatic hydroxyl groups is 1. The van der Waals surface area contributed by atoms with Crippen molar-refractivity contribution in [1.82, 2.24) is 9.55 Å². The monoisotopic (exact) mass is 369 g/mol. The van der Waals surface area contributed by atoms with E-state index in [1.807, 2.05) is 32.9 Å². The van der Waals surface area contributed by atoms with Gasteiger partial charge in [-0.15, -0.1) is 0 Å². The molecule has 7 nitrogen and oxygen atoms in total. The fourth-order valence-electron chi connectivity index (χ4n) is 3.54. The molecule has 0 unspecified atom stereocenters. The number of anilines is 1. The van der Waals surface area contributed by atoms with Crippen LogP contribution < -0.4 is 10.5 Å². The molecular formula is C20H23N3O4. The van der Waals surface area contributed by atoms with Gasteiger partial charge in [0.25, 0.3) is 0 Å². The Kier molecular flexibility index (Phi) is 4.80. The second kappa shape index (κ2) is 6.92. The number of nitrogens with zero attached hydrogens (tertiary/aromatic N) is 2. The van der Waals surface area contributed by atoms with Crippen molar-refractivity contribution < 1.29 is 19.4 Å². The van der Waals surface area contributed by atoms with Gasteiger partial charge in [-0.1, -0.05) is 6.07 Å². The number of aryl methyl sites for hydroxylation is 2. The van der Waals surface area contributed by atoms with Crippen molar-refractivity contribution in [2.75, 3.05) is 20.0 Å². The Hall–Kier alpha value is -3.06. The summed E-state index contributed by atoms with van der Waals surface area (Å²) < 4.78 is 12.1. The van der Waals surface area contributed by atoms with Crippen LogP contribution in [0, 0.1) is 20.8 Å². The highest BCUT2D eigenvalue weighted by atomic mass is 16.5. The molecule has 0 saturated heterocycles. The van der Waals surface area contributed by atoms with Gasteiger partial charge < -0.3 is 20.3 Å². The maximum absolute atomic E-state index is 12.5. The van der Waals surface area contributed by atoms with Gasteiger partial charge in [-0.25, -0.2) is 9.78 Å². The summed E-state index contributed by atoms with van der Waals surface area (Å²) in [6.07, 6.45) is 1.66. The zero-order valence-corrected chi connectivity index (χ0v) is 16.1. The van der Waals surface area contributed by atoms with E-state index in [0.29, 0.717) is 22.3 Å². The van der Waals surface area contributed by atoms with Gasteiger partial charge in [0.2, 0.25) is 0 Å². The molecule has 142 valence electrons. The highest BCUT2D eigenvalue weighted by molar-refractivity contribution is 6.10. The van der Waals surface area contributed by atoms with Crippen LogP contribution in [0.4, 0.5) is 5.82 Å². The molecule has 2 heterocycles. The molecule has 27 heavy (non-hydrogen) atoms. The first-order chi connectivity index (χ1) is 12.9. The minimum Gasteiger partial charge on any atom is -0.496 e. The predicted molar refractivity (Wildman–Crippen MR) is 104 cm³/mol. The quantitative estimate of drug-likeness (QED) is 0.686. The fraction of sp³-hybridized carbons (Fsp3) is 0.300. The van der Waals surface area contributed by atoms with Gasteiger partial charge in [0.15, 0.2) is 0 Å². The number of hydrogen-bond donors (Lipinski definition) is 2. The van der Waals surface area contributed by atoms with Crippen molar-refractivity contribution in [1.29, 1.82) is 0 Å². The average molecular weight is 369 g/mol. The molecule has 3 rings (SSSR count). The fourth-order valence-corrected chi connectivity index (χ4v) is 3.54. The third-order valence-corrected chi connectivity index (χ3v) is 4.91. The number of carbonyl (C=O) groups is 1. The van der Waals surface area contributed by atoms with Crippen LogP contribution in [-0.4, -0.2) is 34.8 Å². The van der Waals surface area contributed by atoms with Crippen molar-refractivity contribution in [2.45, 2.75) is 27.4 Å². The molecule has 0 saturated carbocycles. The zero-order chi connectivity index (χ0) is 19.9. The van der Waals surface area contributed by atoms with Gasteiger partial charge >= 0.3 is 5.97 Å². The number of hydrogen-bond acceptors (Lipinski definition) is 6. The Labute approximate surface area is 157 Å². The van der Waals surface area contributed by atoms with Crippen LogP contribution in [0.3, 0.4) is 0 Å². The van der Waals surface area contributed by atoms with E-state index in [1.165, 1.54) is 7.11 Å². The summed E-state index contributed by atoms with van der Waals surface area (Å²) in [4.78, 5) is 17.0. The van der Waals surface area contributed by atoms with Crippen LogP contribution >= 0.6 is 0 Å². The Balaban J connectivity index is 2.54. The minimum absolute atomic E-state index is 0.203. The first kappa shape index (κ1) is 18.7. The highest BCUT2D eigenvalue weighted by Crippen LogP contribution is 2.38. The number of nitrogen functional groups attached to an aromatic ring is 1. The maximum Gasteiger partial charge on any atom is 0.342 e. The zero-order valence-electron chi connectivity index (χ0n) is 16.1. The van der Waals surface area contributed by atoms with Crippen molar-refractivity contribution in [3.63, 3.8) is 0 Å². The summed E-state index contributed by atoms with van der Waals surface area (Å²) in [5.41, 5.74) is 11.1. The summed E-state index contributed by atoms with van der Waals surface area (Å²) in [6, 6.07) is 3.80. The van der Waals surface area contributed by atoms with E-state index >= 15 is 0 Å². The van der Waals surface area contributed by atoms with E-state index in [1.54, 1.807) is 17.9 Å². The molecule has 0 atom stereocenters. The topological polar surface area (TPSA) is 99.6 Å². The number of aromatic nitrogens is 2. The van der Waals surface area contributed by atoms with Crippen LogP contribution in [-0.2, 0) is 11.3 Å². The van der Waals surface area contributed by atoms with Crippen molar-refractivity contribution in [2.24, 2.45) is 0 Å². The van der Waals surface area contributed by atoms with E-state index < -0.39 is 5.97 Å². The molecule has 0 aliphatic heterocycles. The molecule has 3 N–H and O–H groups in total. The van der Waals surface area contributed by atoms with E-state index in [0.717, 1.165) is 22.4 Å². The third-order valence-electron chi connectivity index (χ3n) is 4.91. The van der Waals surface area contributed by atoms with Crippen LogP contribution in [0.2, 0.25) is 0 Å². The second-order valence-corrected chi connectivity index (χ2v) is 6.42. The number of benzene rings is 1. The number of nitrogens with two attached hydrogens (primary N) is 1. The number of methoxy groups -OCH3 is 2. The van der Waals surface area contributed by atoms with Gasteiger partial charge in [-0.05, 0) is 43.5 Å². The summed E-state index contributed by atoms with van der Waals surface area (Å²) in [7, 11) is 2.90. The van der Waals surface area contributed by atoms with Gasteiger partial charge in [-0.3, -0.25) is 4.57 Å². The third kappa shape index (κ3) is 2.71. The van der Waals surface area contributed by atoms with Gasteiger partial charge in [0.1, 0.15) is 22.8 Å². The molecular weight excluding hydrogens is 346 g/mol. The maximum atomic E-state index is 12.5. The van der Waals surface area contributed by atoms with E-state index in [-0.39, 0.29) is 18.0 Å². The summed E-state index contributed by atoms with van der Waals surface area (Å²) in [5, 5.41) is 10.4. The lowest BCUT2D eigenvalue weighted by Crippen LogP contribution is -2.09. The lowest BCUT2D eigenvalue weighted by Gasteiger charge is -2.17. The molecule has 2 aromatic heterocycles. The molecule has 7 heteroatoms. The number of esters is 1. The number of aliphatic hydroxyl groups excluding tert-OH is 1. The second-order valence-electron chi connectivity index (χ2n) is 6.42. The van der Waals surface area contributed by atoms with Gasteiger partial charge in [-0.2, -0.15) is 0 Å². The molecule has 0 aliphatic rings. The van der Waals surface area contributed by atoms with Crippen molar-refractivity contribution >= 4 is 22.8 Å². The molecule has 0 aliphatic carbocycles. The number of fused-ring (bicyclic) bond motifs is 1. The number of carbonyl (C=O) groups excluding carboxylic acids is 1. The molecule has 0 fully saturated rings. The number of rotatable bonds is 4. The first-order valence-corrected chi connectivity index (χ1v) is 8.49. The lowest BCUT2D eigenvalue weighted by molar-refractivity contribution is 0.0604.